The first-order valence-corrected chi connectivity index (χ1v) is 6.94. The Bertz CT molecular complexity index is 922. The molecule has 0 amide bonds. The van der Waals surface area contributed by atoms with Gasteiger partial charge in [-0.2, -0.15) is 0 Å². The molecule has 0 unspecified atom stereocenters. The molecule has 23 heavy (non-hydrogen) atoms. The zero-order chi connectivity index (χ0) is 16.4. The van der Waals surface area contributed by atoms with Gasteiger partial charge in [-0.15, -0.1) is 0 Å². The Morgan fingerprint density at radius 2 is 1.96 bits per heavy atom. The van der Waals surface area contributed by atoms with Gasteiger partial charge < -0.3 is 4.74 Å². The Balaban J connectivity index is 1.94. The van der Waals surface area contributed by atoms with Crippen molar-refractivity contribution >= 4 is 34.2 Å². The number of carbonyl (C=O) groups excluding carboxylic acids is 1. The van der Waals surface area contributed by atoms with Gasteiger partial charge in [0, 0.05) is 23.7 Å². The summed E-state index contributed by atoms with van der Waals surface area (Å²) in [5, 5.41) is 11.5. The van der Waals surface area contributed by atoms with Crippen molar-refractivity contribution in [1.82, 2.24) is 4.98 Å². The molecule has 0 N–H and O–H groups in total. The first-order valence-electron chi connectivity index (χ1n) is 6.56. The van der Waals surface area contributed by atoms with Crippen LogP contribution in [0.15, 0.2) is 54.7 Å². The highest BCUT2D eigenvalue weighted by molar-refractivity contribution is 6.33. The van der Waals surface area contributed by atoms with Gasteiger partial charge in [0.2, 0.25) is 0 Å². The number of benzene rings is 2. The smallest absolute Gasteiger partial charge is 0.345 e. The number of ether oxygens (including phenoxy) is 1. The molecule has 0 aliphatic carbocycles. The van der Waals surface area contributed by atoms with Crippen molar-refractivity contribution in [3.63, 3.8) is 0 Å². The van der Waals surface area contributed by atoms with E-state index in [1.54, 1.807) is 24.4 Å². The summed E-state index contributed by atoms with van der Waals surface area (Å²) in [5.41, 5.74) is 0.393. The van der Waals surface area contributed by atoms with Crippen LogP contribution in [0.3, 0.4) is 0 Å². The molecule has 0 saturated heterocycles. The molecule has 0 bridgehead atoms. The summed E-state index contributed by atoms with van der Waals surface area (Å²) in [6, 6.07) is 12.4. The third-order valence-corrected chi connectivity index (χ3v) is 3.49. The second-order valence-corrected chi connectivity index (χ2v) is 5.05. The number of rotatable bonds is 3. The summed E-state index contributed by atoms with van der Waals surface area (Å²) >= 11 is 5.93. The van der Waals surface area contributed by atoms with Crippen molar-refractivity contribution in [3.05, 3.63) is 75.4 Å². The van der Waals surface area contributed by atoms with Gasteiger partial charge in [0.1, 0.15) is 5.52 Å². The summed E-state index contributed by atoms with van der Waals surface area (Å²) in [5.74, 6) is -0.412. The molecule has 3 aromatic rings. The molecule has 0 aliphatic heterocycles. The topological polar surface area (TPSA) is 82.3 Å². The molecule has 0 radical (unpaired) electrons. The minimum absolute atomic E-state index is 0.0441. The number of halogens is 1. The van der Waals surface area contributed by atoms with Crippen molar-refractivity contribution in [2.24, 2.45) is 0 Å². The van der Waals surface area contributed by atoms with E-state index >= 15 is 0 Å². The van der Waals surface area contributed by atoms with Crippen molar-refractivity contribution in [2.45, 2.75) is 0 Å². The van der Waals surface area contributed by atoms with Crippen LogP contribution >= 0.6 is 11.6 Å². The summed E-state index contributed by atoms with van der Waals surface area (Å²) in [6.07, 6.45) is 1.60. The fraction of sp³-hybridized carbons (Fsp3) is 0. The van der Waals surface area contributed by atoms with Crippen LogP contribution in [-0.4, -0.2) is 15.9 Å². The molecule has 0 spiro atoms. The van der Waals surface area contributed by atoms with E-state index in [0.29, 0.717) is 11.3 Å². The van der Waals surface area contributed by atoms with E-state index in [4.69, 9.17) is 16.3 Å². The fourth-order valence-corrected chi connectivity index (χ4v) is 2.35. The average molecular weight is 329 g/mol. The van der Waals surface area contributed by atoms with Crippen molar-refractivity contribution < 1.29 is 14.5 Å². The molecule has 1 heterocycles. The molecule has 6 nitrogen and oxygen atoms in total. The number of nitrogens with zero attached hydrogens (tertiary/aromatic N) is 2. The quantitative estimate of drug-likeness (QED) is 0.314. The van der Waals surface area contributed by atoms with Crippen LogP contribution in [0.25, 0.3) is 10.9 Å². The number of nitro benzene ring substituents is 1. The second kappa shape index (κ2) is 6.02. The highest BCUT2D eigenvalue weighted by Crippen LogP contribution is 2.27. The predicted molar refractivity (Wildman–Crippen MR) is 84.8 cm³/mol. The maximum Gasteiger partial charge on any atom is 0.345 e. The van der Waals surface area contributed by atoms with Crippen molar-refractivity contribution in [2.75, 3.05) is 0 Å². The standard InChI is InChI=1S/C16H9ClN2O4/c17-13-9-11(19(21)22)6-7-12(13)16(20)23-14-5-1-3-10-4-2-8-18-15(10)14/h1-9H. The van der Waals surface area contributed by atoms with Crippen molar-refractivity contribution in [1.29, 1.82) is 0 Å². The van der Waals surface area contributed by atoms with E-state index in [2.05, 4.69) is 4.98 Å². The van der Waals surface area contributed by atoms with Gasteiger partial charge in [-0.05, 0) is 18.2 Å². The Hall–Kier alpha value is -2.99. The zero-order valence-electron chi connectivity index (χ0n) is 11.6. The molecule has 0 fully saturated rings. The number of carbonyl (C=O) groups is 1. The van der Waals surface area contributed by atoms with Gasteiger partial charge in [0.15, 0.2) is 5.75 Å². The van der Waals surface area contributed by atoms with Crippen LogP contribution in [0.1, 0.15) is 10.4 Å². The lowest BCUT2D eigenvalue weighted by molar-refractivity contribution is -0.384. The van der Waals surface area contributed by atoms with E-state index in [9.17, 15) is 14.9 Å². The van der Waals surface area contributed by atoms with E-state index in [1.165, 1.54) is 12.1 Å². The largest absolute Gasteiger partial charge is 0.421 e. The van der Waals surface area contributed by atoms with Gasteiger partial charge in [-0.25, -0.2) is 4.79 Å². The molecule has 3 rings (SSSR count). The summed E-state index contributed by atoms with van der Waals surface area (Å²) in [4.78, 5) is 26.6. The summed E-state index contributed by atoms with van der Waals surface area (Å²) in [6.45, 7) is 0. The monoisotopic (exact) mass is 328 g/mol. The predicted octanol–water partition coefficient (Wildman–Crippen LogP) is 4.02. The van der Waals surface area contributed by atoms with Gasteiger partial charge in [0.05, 0.1) is 15.5 Å². The zero-order valence-corrected chi connectivity index (χ0v) is 12.4. The lowest BCUT2D eigenvalue weighted by Crippen LogP contribution is -2.10. The number of para-hydroxylation sites is 1. The van der Waals surface area contributed by atoms with Crippen LogP contribution in [-0.2, 0) is 0 Å². The normalized spacial score (nSPS) is 10.5. The number of aromatic nitrogens is 1. The first-order chi connectivity index (χ1) is 11.1. The molecular formula is C16H9ClN2O4. The molecule has 1 aromatic heterocycles. The first kappa shape index (κ1) is 14.9. The van der Waals surface area contributed by atoms with Gasteiger partial charge in [-0.1, -0.05) is 29.8 Å². The molecule has 0 atom stereocenters. The molecule has 0 aliphatic rings. The van der Waals surface area contributed by atoms with E-state index in [1.807, 2.05) is 12.1 Å². The van der Waals surface area contributed by atoms with Crippen LogP contribution in [0, 0.1) is 10.1 Å². The Morgan fingerprint density at radius 1 is 1.17 bits per heavy atom. The van der Waals surface area contributed by atoms with Gasteiger partial charge in [0.25, 0.3) is 5.69 Å². The number of hydrogen-bond acceptors (Lipinski definition) is 5. The lowest BCUT2D eigenvalue weighted by Gasteiger charge is -2.08. The number of hydrogen-bond donors (Lipinski definition) is 0. The highest BCUT2D eigenvalue weighted by Gasteiger charge is 2.17. The number of nitro groups is 1. The third kappa shape index (κ3) is 2.97. The average Bonchev–Trinajstić information content (AvgIpc) is 2.55. The summed E-state index contributed by atoms with van der Waals surface area (Å²) in [7, 11) is 0. The summed E-state index contributed by atoms with van der Waals surface area (Å²) < 4.78 is 5.34. The van der Waals surface area contributed by atoms with E-state index in [-0.39, 0.29) is 16.3 Å². The second-order valence-electron chi connectivity index (χ2n) is 4.64. The van der Waals surface area contributed by atoms with Crippen LogP contribution in [0.2, 0.25) is 5.02 Å². The molecule has 7 heteroatoms. The van der Waals surface area contributed by atoms with E-state index < -0.39 is 10.9 Å². The third-order valence-electron chi connectivity index (χ3n) is 3.18. The number of esters is 1. The lowest BCUT2D eigenvalue weighted by atomic mass is 10.2. The fourth-order valence-electron chi connectivity index (χ4n) is 2.10. The number of pyridine rings is 1. The maximum absolute atomic E-state index is 12.3. The Morgan fingerprint density at radius 3 is 2.70 bits per heavy atom. The highest BCUT2D eigenvalue weighted by atomic mass is 35.5. The molecule has 114 valence electrons. The van der Waals surface area contributed by atoms with Crippen LogP contribution in [0.4, 0.5) is 5.69 Å². The Kier molecular flexibility index (Phi) is 3.91. The number of non-ortho nitro benzene ring substituents is 1. The van der Waals surface area contributed by atoms with Gasteiger partial charge >= 0.3 is 5.97 Å². The minimum atomic E-state index is -0.706. The van der Waals surface area contributed by atoms with Crippen molar-refractivity contribution in [3.8, 4) is 5.75 Å². The molecule has 0 saturated carbocycles. The SMILES string of the molecule is O=C(Oc1cccc2cccnc12)c1ccc([N+](=O)[O-])cc1Cl. The minimum Gasteiger partial charge on any atom is -0.421 e. The van der Waals surface area contributed by atoms with Gasteiger partial charge in [-0.3, -0.25) is 15.1 Å². The Labute approximate surface area is 135 Å². The molecular weight excluding hydrogens is 320 g/mol. The van der Waals surface area contributed by atoms with Crippen LogP contribution < -0.4 is 4.74 Å². The van der Waals surface area contributed by atoms with Crippen LogP contribution in [0.5, 0.6) is 5.75 Å². The van der Waals surface area contributed by atoms with E-state index in [0.717, 1.165) is 11.5 Å². The number of fused-ring (bicyclic) bond motifs is 1. The molecule has 2 aromatic carbocycles. The maximum atomic E-state index is 12.3.